The second-order valence-corrected chi connectivity index (χ2v) is 8.59. The lowest BCUT2D eigenvalue weighted by molar-refractivity contribution is 0.00401. The Balaban J connectivity index is 2.56. The highest BCUT2D eigenvalue weighted by molar-refractivity contribution is 5.68. The van der Waals surface area contributed by atoms with Gasteiger partial charge in [-0.05, 0) is 62.1 Å². The third kappa shape index (κ3) is 5.45. The van der Waals surface area contributed by atoms with Gasteiger partial charge in [0, 0.05) is 0 Å². The number of methoxy groups -OCH3 is 2. The minimum atomic E-state index is -1.51. The Morgan fingerprint density at radius 1 is 0.867 bits per heavy atom. The van der Waals surface area contributed by atoms with Crippen LogP contribution >= 0.6 is 0 Å². The van der Waals surface area contributed by atoms with Gasteiger partial charge in [0.2, 0.25) is 0 Å². The molecule has 0 radical (unpaired) electrons. The highest BCUT2D eigenvalue weighted by Crippen LogP contribution is 2.37. The fourth-order valence-electron chi connectivity index (χ4n) is 3.40. The summed E-state index contributed by atoms with van der Waals surface area (Å²) in [5.41, 5.74) is -0.903. The molecular weight excluding hydrogens is 382 g/mol. The summed E-state index contributed by atoms with van der Waals surface area (Å²) >= 11 is 0. The van der Waals surface area contributed by atoms with Crippen molar-refractivity contribution in [3.8, 4) is 11.5 Å². The van der Waals surface area contributed by atoms with E-state index >= 15 is 0 Å². The molecule has 6 heteroatoms. The fraction of sp³-hybridized carbons (Fsp3) is 0.458. The summed E-state index contributed by atoms with van der Waals surface area (Å²) in [5, 5.41) is 15.0. The lowest BCUT2D eigenvalue weighted by Crippen LogP contribution is -2.55. The van der Waals surface area contributed by atoms with Crippen LogP contribution in [0.15, 0.2) is 48.5 Å². The van der Waals surface area contributed by atoms with Crippen molar-refractivity contribution in [3.05, 3.63) is 59.7 Å². The molecule has 2 aromatic rings. The van der Waals surface area contributed by atoms with Crippen LogP contribution in [0.2, 0.25) is 0 Å². The highest BCUT2D eigenvalue weighted by Gasteiger charge is 2.43. The Kier molecular flexibility index (Phi) is 7.37. The third-order valence-corrected chi connectivity index (χ3v) is 4.85. The van der Waals surface area contributed by atoms with Crippen LogP contribution in [0.25, 0.3) is 0 Å². The standard InChI is InChI=1S/C24H33NO5/c1-16(2)21(25-22(26)30-23(3,4)5)24(27,17-8-12-19(28-6)13-9-17)18-10-14-20(29-7)15-11-18/h8-16,21,27H,1-7H3,(H,25,26)/t21-/m0/s1. The molecule has 0 aliphatic heterocycles. The predicted molar refractivity (Wildman–Crippen MR) is 117 cm³/mol. The quantitative estimate of drug-likeness (QED) is 0.697. The number of benzene rings is 2. The molecule has 2 rings (SSSR count). The van der Waals surface area contributed by atoms with Gasteiger partial charge in [-0.2, -0.15) is 0 Å². The molecule has 0 heterocycles. The van der Waals surface area contributed by atoms with Crippen molar-refractivity contribution >= 4 is 6.09 Å². The van der Waals surface area contributed by atoms with Crippen molar-refractivity contribution < 1.29 is 24.1 Å². The molecule has 164 valence electrons. The molecule has 2 N–H and O–H groups in total. The number of ether oxygens (including phenoxy) is 3. The molecule has 0 spiro atoms. The first-order valence-corrected chi connectivity index (χ1v) is 10.0. The maximum absolute atomic E-state index is 12.6. The van der Waals surface area contributed by atoms with Gasteiger partial charge in [-0.15, -0.1) is 0 Å². The van der Waals surface area contributed by atoms with E-state index in [1.54, 1.807) is 83.5 Å². The number of carbonyl (C=O) groups excluding carboxylic acids is 1. The van der Waals surface area contributed by atoms with E-state index in [0.29, 0.717) is 22.6 Å². The topological polar surface area (TPSA) is 77.0 Å². The molecule has 0 unspecified atom stereocenters. The van der Waals surface area contributed by atoms with Crippen LogP contribution in [0.5, 0.6) is 11.5 Å². The number of nitrogens with one attached hydrogen (secondary N) is 1. The van der Waals surface area contributed by atoms with Gasteiger partial charge >= 0.3 is 6.09 Å². The van der Waals surface area contributed by atoms with E-state index in [-0.39, 0.29) is 5.92 Å². The lowest BCUT2D eigenvalue weighted by Gasteiger charge is -2.40. The van der Waals surface area contributed by atoms with Crippen LogP contribution in [0.4, 0.5) is 4.79 Å². The number of hydrogen-bond donors (Lipinski definition) is 2. The first-order chi connectivity index (χ1) is 14.0. The smallest absolute Gasteiger partial charge is 0.408 e. The summed E-state index contributed by atoms with van der Waals surface area (Å²) in [6, 6.07) is 13.7. The molecular formula is C24H33NO5. The summed E-state index contributed by atoms with van der Waals surface area (Å²) in [7, 11) is 3.18. The average Bonchev–Trinajstić information content (AvgIpc) is 2.70. The minimum Gasteiger partial charge on any atom is -0.497 e. The second kappa shape index (κ2) is 9.39. The van der Waals surface area contributed by atoms with Gasteiger partial charge in [-0.25, -0.2) is 4.79 Å². The molecule has 0 fully saturated rings. The van der Waals surface area contributed by atoms with Crippen LogP contribution < -0.4 is 14.8 Å². The lowest BCUT2D eigenvalue weighted by atomic mass is 9.76. The molecule has 0 aromatic heterocycles. The number of rotatable bonds is 7. The third-order valence-electron chi connectivity index (χ3n) is 4.85. The molecule has 0 aliphatic rings. The van der Waals surface area contributed by atoms with Crippen LogP contribution in [0.1, 0.15) is 45.7 Å². The molecule has 0 saturated carbocycles. The van der Waals surface area contributed by atoms with Crippen LogP contribution in [-0.2, 0) is 10.3 Å². The van der Waals surface area contributed by atoms with Gasteiger partial charge in [-0.1, -0.05) is 38.1 Å². The summed E-state index contributed by atoms with van der Waals surface area (Å²) in [6.07, 6.45) is -0.582. The van der Waals surface area contributed by atoms with E-state index in [1.807, 2.05) is 13.8 Å². The zero-order chi connectivity index (χ0) is 22.5. The highest BCUT2D eigenvalue weighted by atomic mass is 16.6. The first kappa shape index (κ1) is 23.5. The Morgan fingerprint density at radius 3 is 1.57 bits per heavy atom. The molecule has 30 heavy (non-hydrogen) atoms. The van der Waals surface area contributed by atoms with E-state index in [0.717, 1.165) is 0 Å². The van der Waals surface area contributed by atoms with Crippen LogP contribution in [0, 0.1) is 5.92 Å². The molecule has 0 aliphatic carbocycles. The largest absolute Gasteiger partial charge is 0.497 e. The second-order valence-electron chi connectivity index (χ2n) is 8.59. The van der Waals surface area contributed by atoms with E-state index in [9.17, 15) is 9.90 Å². The summed E-state index contributed by atoms with van der Waals surface area (Å²) in [6.45, 7) is 9.29. The van der Waals surface area contributed by atoms with Gasteiger partial charge in [0.25, 0.3) is 0 Å². The maximum Gasteiger partial charge on any atom is 0.408 e. The van der Waals surface area contributed by atoms with Gasteiger partial charge < -0.3 is 24.6 Å². The summed E-state index contributed by atoms with van der Waals surface area (Å²) in [5.74, 6) is 1.25. The van der Waals surface area contributed by atoms with Crippen molar-refractivity contribution in [2.24, 2.45) is 5.92 Å². The Bertz CT molecular complexity index is 775. The average molecular weight is 416 g/mol. The maximum atomic E-state index is 12.6. The molecule has 0 saturated heterocycles. The Labute approximate surface area is 179 Å². The minimum absolute atomic E-state index is 0.105. The molecule has 1 atom stereocenters. The first-order valence-electron chi connectivity index (χ1n) is 10.0. The number of aliphatic hydroxyl groups is 1. The van der Waals surface area contributed by atoms with Crippen molar-refractivity contribution in [2.75, 3.05) is 14.2 Å². The molecule has 1 amide bonds. The predicted octanol–water partition coefficient (Wildman–Crippen LogP) is 4.49. The SMILES string of the molecule is COc1ccc(C(O)(c2ccc(OC)cc2)[C@@H](NC(=O)OC(C)(C)C)C(C)C)cc1. The summed E-state index contributed by atoms with van der Waals surface area (Å²) in [4.78, 5) is 12.6. The Morgan fingerprint density at radius 2 is 1.27 bits per heavy atom. The van der Waals surface area contributed by atoms with Crippen molar-refractivity contribution in [3.63, 3.8) is 0 Å². The van der Waals surface area contributed by atoms with Gasteiger partial charge in [0.15, 0.2) is 0 Å². The van der Waals surface area contributed by atoms with Crippen LogP contribution in [-0.4, -0.2) is 37.1 Å². The van der Waals surface area contributed by atoms with Gasteiger partial charge in [0.1, 0.15) is 22.7 Å². The van der Waals surface area contributed by atoms with E-state index in [4.69, 9.17) is 14.2 Å². The zero-order valence-corrected chi connectivity index (χ0v) is 18.9. The number of alkyl carbamates (subject to hydrolysis) is 1. The molecule has 2 aromatic carbocycles. The number of carbonyl (C=O) groups is 1. The Hall–Kier alpha value is -2.73. The van der Waals surface area contributed by atoms with E-state index in [2.05, 4.69) is 5.32 Å². The molecule has 6 nitrogen and oxygen atoms in total. The number of amides is 1. The fourth-order valence-corrected chi connectivity index (χ4v) is 3.40. The van der Waals surface area contributed by atoms with Crippen molar-refractivity contribution in [1.82, 2.24) is 5.32 Å². The van der Waals surface area contributed by atoms with E-state index in [1.165, 1.54) is 0 Å². The van der Waals surface area contributed by atoms with Crippen molar-refractivity contribution in [2.45, 2.75) is 51.9 Å². The van der Waals surface area contributed by atoms with E-state index < -0.39 is 23.3 Å². The normalized spacial score (nSPS) is 13.0. The monoisotopic (exact) mass is 415 g/mol. The zero-order valence-electron chi connectivity index (χ0n) is 18.9. The van der Waals surface area contributed by atoms with Crippen LogP contribution in [0.3, 0.4) is 0 Å². The molecule has 0 bridgehead atoms. The summed E-state index contributed by atoms with van der Waals surface area (Å²) < 4.78 is 16.0. The van der Waals surface area contributed by atoms with Gasteiger partial charge in [0.05, 0.1) is 20.3 Å². The van der Waals surface area contributed by atoms with Crippen molar-refractivity contribution in [1.29, 1.82) is 0 Å². The van der Waals surface area contributed by atoms with Gasteiger partial charge in [-0.3, -0.25) is 0 Å². The number of hydrogen-bond acceptors (Lipinski definition) is 5.